The third-order valence-corrected chi connectivity index (χ3v) is 2.99. The van der Waals surface area contributed by atoms with Gasteiger partial charge < -0.3 is 10.1 Å². The van der Waals surface area contributed by atoms with Crippen molar-refractivity contribution in [3.8, 4) is 0 Å². The molecule has 2 aromatic rings. The molecule has 104 valence electrons. The minimum atomic E-state index is -0.491. The summed E-state index contributed by atoms with van der Waals surface area (Å²) in [7, 11) is 1.32. The molecule has 0 aliphatic rings. The zero-order valence-corrected chi connectivity index (χ0v) is 11.6. The molecule has 0 unspecified atom stereocenters. The van der Waals surface area contributed by atoms with E-state index in [0.717, 1.165) is 6.42 Å². The predicted molar refractivity (Wildman–Crippen MR) is 76.5 cm³/mol. The van der Waals surface area contributed by atoms with Gasteiger partial charge in [-0.15, -0.1) is 0 Å². The van der Waals surface area contributed by atoms with E-state index in [1.54, 1.807) is 6.20 Å². The zero-order valence-electron chi connectivity index (χ0n) is 11.6. The van der Waals surface area contributed by atoms with E-state index >= 15 is 0 Å². The summed E-state index contributed by atoms with van der Waals surface area (Å²) in [4.78, 5) is 19.5. The fraction of sp³-hybridized carbons (Fsp3) is 0.267. The second kappa shape index (κ2) is 6.65. The number of carbonyl (C=O) groups excluding carboxylic acids is 1. The summed E-state index contributed by atoms with van der Waals surface area (Å²) in [6, 6.07) is 8.21. The maximum absolute atomic E-state index is 11.4. The highest BCUT2D eigenvalue weighted by Crippen LogP contribution is 2.12. The summed E-state index contributed by atoms with van der Waals surface area (Å²) in [5.41, 5.74) is 2.69. The lowest BCUT2D eigenvalue weighted by molar-refractivity contribution is 0.0593. The van der Waals surface area contributed by atoms with E-state index in [4.69, 9.17) is 0 Å². The van der Waals surface area contributed by atoms with Gasteiger partial charge in [0.1, 0.15) is 5.82 Å². The molecular weight excluding hydrogens is 254 g/mol. The fourth-order valence-corrected chi connectivity index (χ4v) is 1.91. The van der Waals surface area contributed by atoms with Crippen LogP contribution in [0.4, 0.5) is 5.82 Å². The standard InChI is InChI=1S/C15H17N3O2/c1-3-11-6-4-5-7-12(11)8-17-14-10-16-9-13(18-14)15(19)20-2/h4-7,9-10H,3,8H2,1-2H3,(H,17,18). The Balaban J connectivity index is 2.09. The number of rotatable bonds is 5. The number of carbonyl (C=O) groups is 1. The Hall–Kier alpha value is -2.43. The summed E-state index contributed by atoms with van der Waals surface area (Å²) in [6.07, 6.45) is 3.95. The van der Waals surface area contributed by atoms with Gasteiger partial charge in [-0.25, -0.2) is 9.78 Å². The van der Waals surface area contributed by atoms with Crippen LogP contribution in [0.1, 0.15) is 28.5 Å². The molecule has 0 spiro atoms. The van der Waals surface area contributed by atoms with E-state index in [1.165, 1.54) is 24.4 Å². The first kappa shape index (κ1) is 14.0. The topological polar surface area (TPSA) is 64.1 Å². The van der Waals surface area contributed by atoms with Crippen LogP contribution in [0, 0.1) is 0 Å². The van der Waals surface area contributed by atoms with Crippen molar-refractivity contribution in [1.29, 1.82) is 0 Å². The van der Waals surface area contributed by atoms with E-state index in [9.17, 15) is 4.79 Å². The van der Waals surface area contributed by atoms with Crippen molar-refractivity contribution >= 4 is 11.8 Å². The van der Waals surface area contributed by atoms with Crippen LogP contribution in [0.5, 0.6) is 0 Å². The van der Waals surface area contributed by atoms with Crippen molar-refractivity contribution in [3.63, 3.8) is 0 Å². The van der Waals surface area contributed by atoms with Gasteiger partial charge in [-0.05, 0) is 17.5 Å². The van der Waals surface area contributed by atoms with Crippen molar-refractivity contribution in [2.45, 2.75) is 19.9 Å². The molecule has 0 aliphatic heterocycles. The SMILES string of the molecule is CCc1ccccc1CNc1cncc(C(=O)OC)n1. The Kier molecular flexibility index (Phi) is 4.65. The molecule has 1 N–H and O–H groups in total. The Labute approximate surface area is 118 Å². The molecule has 0 aliphatic carbocycles. The molecule has 0 amide bonds. The highest BCUT2D eigenvalue weighted by Gasteiger charge is 2.08. The Morgan fingerprint density at radius 3 is 2.70 bits per heavy atom. The second-order valence-electron chi connectivity index (χ2n) is 4.26. The van der Waals surface area contributed by atoms with E-state index in [0.29, 0.717) is 12.4 Å². The molecule has 0 atom stereocenters. The smallest absolute Gasteiger partial charge is 0.358 e. The number of aromatic nitrogens is 2. The molecule has 2 rings (SSSR count). The molecule has 0 bridgehead atoms. The highest BCUT2D eigenvalue weighted by atomic mass is 16.5. The van der Waals surface area contributed by atoms with Crippen molar-refractivity contribution in [1.82, 2.24) is 9.97 Å². The number of hydrogen-bond acceptors (Lipinski definition) is 5. The van der Waals surface area contributed by atoms with Crippen LogP contribution in [0.2, 0.25) is 0 Å². The first-order valence-electron chi connectivity index (χ1n) is 6.45. The van der Waals surface area contributed by atoms with E-state index in [2.05, 4.69) is 39.1 Å². The van der Waals surface area contributed by atoms with E-state index in [1.807, 2.05) is 12.1 Å². The van der Waals surface area contributed by atoms with Crippen molar-refractivity contribution in [3.05, 3.63) is 53.5 Å². The van der Waals surface area contributed by atoms with Crippen LogP contribution >= 0.6 is 0 Å². The van der Waals surface area contributed by atoms with Gasteiger partial charge in [0.2, 0.25) is 0 Å². The van der Waals surface area contributed by atoms with Gasteiger partial charge in [-0.2, -0.15) is 0 Å². The molecule has 5 nitrogen and oxygen atoms in total. The van der Waals surface area contributed by atoms with Gasteiger partial charge in [0.15, 0.2) is 5.69 Å². The molecule has 0 fully saturated rings. The second-order valence-corrected chi connectivity index (χ2v) is 4.26. The third kappa shape index (κ3) is 3.32. The third-order valence-electron chi connectivity index (χ3n) is 2.99. The number of aryl methyl sites for hydroxylation is 1. The molecule has 1 aromatic heterocycles. The number of nitrogens with zero attached hydrogens (tertiary/aromatic N) is 2. The van der Waals surface area contributed by atoms with Crippen LogP contribution in [0.3, 0.4) is 0 Å². The van der Waals surface area contributed by atoms with Crippen LogP contribution in [-0.2, 0) is 17.7 Å². The number of benzene rings is 1. The van der Waals surface area contributed by atoms with Crippen LogP contribution in [0.25, 0.3) is 0 Å². The lowest BCUT2D eigenvalue weighted by Crippen LogP contribution is -2.09. The van der Waals surface area contributed by atoms with Gasteiger partial charge in [-0.3, -0.25) is 4.98 Å². The summed E-state index contributed by atoms with van der Waals surface area (Å²) in [5.74, 6) is 0.0638. The van der Waals surface area contributed by atoms with Gasteiger partial charge >= 0.3 is 5.97 Å². The molecule has 5 heteroatoms. The van der Waals surface area contributed by atoms with Crippen molar-refractivity contribution in [2.75, 3.05) is 12.4 Å². The minimum Gasteiger partial charge on any atom is -0.464 e. The maximum atomic E-state index is 11.4. The van der Waals surface area contributed by atoms with Gasteiger partial charge in [0.05, 0.1) is 19.5 Å². The van der Waals surface area contributed by atoms with Crippen molar-refractivity contribution < 1.29 is 9.53 Å². The number of anilines is 1. The molecule has 1 aromatic carbocycles. The Morgan fingerprint density at radius 2 is 2.00 bits per heavy atom. The predicted octanol–water partition coefficient (Wildman–Crippen LogP) is 2.44. The number of methoxy groups -OCH3 is 1. The van der Waals surface area contributed by atoms with Gasteiger partial charge in [0, 0.05) is 6.54 Å². The zero-order chi connectivity index (χ0) is 14.4. The van der Waals surface area contributed by atoms with Gasteiger partial charge in [-0.1, -0.05) is 31.2 Å². The molecular formula is C15H17N3O2. The Morgan fingerprint density at radius 1 is 1.25 bits per heavy atom. The molecule has 0 saturated heterocycles. The molecule has 0 saturated carbocycles. The van der Waals surface area contributed by atoms with Gasteiger partial charge in [0.25, 0.3) is 0 Å². The number of ether oxygens (including phenoxy) is 1. The lowest BCUT2D eigenvalue weighted by Gasteiger charge is -2.09. The maximum Gasteiger partial charge on any atom is 0.358 e. The summed E-state index contributed by atoms with van der Waals surface area (Å²) < 4.78 is 4.62. The van der Waals surface area contributed by atoms with E-state index < -0.39 is 5.97 Å². The summed E-state index contributed by atoms with van der Waals surface area (Å²) in [6.45, 7) is 2.76. The largest absolute Gasteiger partial charge is 0.464 e. The highest BCUT2D eigenvalue weighted by molar-refractivity contribution is 5.87. The quantitative estimate of drug-likeness (QED) is 0.846. The summed E-state index contributed by atoms with van der Waals surface area (Å²) in [5, 5.41) is 3.17. The average Bonchev–Trinajstić information content (AvgIpc) is 2.52. The van der Waals surface area contributed by atoms with E-state index in [-0.39, 0.29) is 5.69 Å². The van der Waals surface area contributed by atoms with Crippen LogP contribution < -0.4 is 5.32 Å². The monoisotopic (exact) mass is 271 g/mol. The average molecular weight is 271 g/mol. The Bertz CT molecular complexity index is 599. The van der Waals surface area contributed by atoms with Crippen molar-refractivity contribution in [2.24, 2.45) is 0 Å². The molecule has 0 radical (unpaired) electrons. The number of hydrogen-bond donors (Lipinski definition) is 1. The summed E-state index contributed by atoms with van der Waals surface area (Å²) >= 11 is 0. The number of nitrogens with one attached hydrogen (secondary N) is 1. The minimum absolute atomic E-state index is 0.196. The number of esters is 1. The fourth-order valence-electron chi connectivity index (χ4n) is 1.91. The van der Waals surface area contributed by atoms with Crippen LogP contribution in [-0.4, -0.2) is 23.0 Å². The van der Waals surface area contributed by atoms with Crippen LogP contribution in [0.15, 0.2) is 36.7 Å². The molecule has 1 heterocycles. The first-order chi connectivity index (χ1) is 9.74. The normalized spacial score (nSPS) is 10.1. The lowest BCUT2D eigenvalue weighted by atomic mass is 10.1. The molecule has 20 heavy (non-hydrogen) atoms. The first-order valence-corrected chi connectivity index (χ1v) is 6.45.